The molecular weight excluding hydrogens is 404 g/mol. The molecule has 7 nitrogen and oxygen atoms in total. The Kier molecular flexibility index (Phi) is 10.2. The lowest BCUT2D eigenvalue weighted by atomic mass is 10.1. The van der Waals surface area contributed by atoms with Gasteiger partial charge >= 0.3 is 0 Å². The van der Waals surface area contributed by atoms with Gasteiger partial charge in [-0.2, -0.15) is 0 Å². The molecule has 1 aliphatic heterocycles. The first-order valence-corrected chi connectivity index (χ1v) is 11.4. The molecule has 0 unspecified atom stereocenters. The van der Waals surface area contributed by atoms with Gasteiger partial charge in [-0.15, -0.1) is 0 Å². The van der Waals surface area contributed by atoms with Crippen molar-refractivity contribution in [1.29, 1.82) is 0 Å². The van der Waals surface area contributed by atoms with Crippen LogP contribution in [0.25, 0.3) is 0 Å². The Morgan fingerprint density at radius 2 is 1.84 bits per heavy atom. The summed E-state index contributed by atoms with van der Waals surface area (Å²) < 4.78 is 16.6. The predicted octanol–water partition coefficient (Wildman–Crippen LogP) is 2.70. The largest absolute Gasteiger partial charge is 0.497 e. The second kappa shape index (κ2) is 13.6. The van der Waals surface area contributed by atoms with Crippen molar-refractivity contribution in [2.24, 2.45) is 4.99 Å². The standard InChI is InChI=1S/C25H36N4O3/c1-3-26-25(27-12-11-21-7-9-23(30-2)10-8-21)28-20-22-5-4-6-24(19-22)32-18-15-29-13-16-31-17-14-29/h4-10,19H,3,11-18,20H2,1-2H3,(H2,26,27,28). The number of nitrogens with zero attached hydrogens (tertiary/aromatic N) is 2. The number of morpholine rings is 1. The number of hydrogen-bond donors (Lipinski definition) is 2. The van der Waals surface area contributed by atoms with Crippen molar-refractivity contribution < 1.29 is 14.2 Å². The van der Waals surface area contributed by atoms with E-state index in [1.54, 1.807) is 7.11 Å². The lowest BCUT2D eigenvalue weighted by molar-refractivity contribution is 0.0322. The molecule has 2 N–H and O–H groups in total. The number of nitrogens with one attached hydrogen (secondary N) is 2. The van der Waals surface area contributed by atoms with Gasteiger partial charge in [-0.25, -0.2) is 4.99 Å². The number of guanidine groups is 1. The van der Waals surface area contributed by atoms with Crippen LogP contribution in [-0.2, 0) is 17.7 Å². The molecule has 0 bridgehead atoms. The Hall–Kier alpha value is -2.77. The van der Waals surface area contributed by atoms with Crippen molar-refractivity contribution in [3.8, 4) is 11.5 Å². The average molecular weight is 441 g/mol. The summed E-state index contributed by atoms with van der Waals surface area (Å²) in [6.07, 6.45) is 0.918. The molecule has 0 radical (unpaired) electrons. The van der Waals surface area contributed by atoms with Crippen LogP contribution in [0.4, 0.5) is 0 Å². The summed E-state index contributed by atoms with van der Waals surface area (Å²) in [5.74, 6) is 2.59. The second-order valence-corrected chi connectivity index (χ2v) is 7.67. The molecule has 2 aromatic carbocycles. The van der Waals surface area contributed by atoms with Crippen molar-refractivity contribution >= 4 is 5.96 Å². The minimum Gasteiger partial charge on any atom is -0.497 e. The number of hydrogen-bond acceptors (Lipinski definition) is 5. The molecule has 1 fully saturated rings. The third kappa shape index (κ3) is 8.40. The first kappa shape index (κ1) is 23.9. The molecule has 0 spiro atoms. The average Bonchev–Trinajstić information content (AvgIpc) is 2.84. The molecule has 0 aliphatic carbocycles. The molecule has 1 heterocycles. The van der Waals surface area contributed by atoms with Crippen molar-refractivity contribution in [1.82, 2.24) is 15.5 Å². The summed E-state index contributed by atoms with van der Waals surface area (Å²) in [6.45, 7) is 9.50. The monoisotopic (exact) mass is 440 g/mol. The highest BCUT2D eigenvalue weighted by molar-refractivity contribution is 5.79. The van der Waals surface area contributed by atoms with E-state index in [0.717, 1.165) is 75.4 Å². The lowest BCUT2D eigenvalue weighted by Crippen LogP contribution is -2.38. The van der Waals surface area contributed by atoms with Crippen LogP contribution in [0.3, 0.4) is 0 Å². The Morgan fingerprint density at radius 1 is 1.03 bits per heavy atom. The quantitative estimate of drug-likeness (QED) is 0.414. The number of rotatable bonds is 11. The minimum absolute atomic E-state index is 0.596. The summed E-state index contributed by atoms with van der Waals surface area (Å²) in [4.78, 5) is 7.11. The molecule has 0 atom stereocenters. The van der Waals surface area contributed by atoms with Gasteiger partial charge in [-0.3, -0.25) is 4.90 Å². The van der Waals surface area contributed by atoms with Crippen LogP contribution >= 0.6 is 0 Å². The van der Waals surface area contributed by atoms with Crippen LogP contribution in [0.15, 0.2) is 53.5 Å². The maximum atomic E-state index is 5.96. The number of methoxy groups -OCH3 is 1. The highest BCUT2D eigenvalue weighted by Crippen LogP contribution is 2.14. The van der Waals surface area contributed by atoms with Gasteiger partial charge in [0.25, 0.3) is 0 Å². The highest BCUT2D eigenvalue weighted by Gasteiger charge is 2.09. The smallest absolute Gasteiger partial charge is 0.191 e. The molecule has 1 aliphatic rings. The molecule has 1 saturated heterocycles. The van der Waals surface area contributed by atoms with Gasteiger partial charge < -0.3 is 24.8 Å². The maximum Gasteiger partial charge on any atom is 0.191 e. The molecule has 174 valence electrons. The van der Waals surface area contributed by atoms with Crippen LogP contribution in [0.1, 0.15) is 18.1 Å². The van der Waals surface area contributed by atoms with E-state index in [4.69, 9.17) is 19.2 Å². The van der Waals surface area contributed by atoms with Gasteiger partial charge in [-0.05, 0) is 48.7 Å². The van der Waals surface area contributed by atoms with Gasteiger partial charge in [0.05, 0.1) is 26.9 Å². The van der Waals surface area contributed by atoms with Crippen LogP contribution < -0.4 is 20.1 Å². The van der Waals surface area contributed by atoms with E-state index in [9.17, 15) is 0 Å². The van der Waals surface area contributed by atoms with Crippen LogP contribution in [0.5, 0.6) is 11.5 Å². The van der Waals surface area contributed by atoms with Crippen molar-refractivity contribution in [2.45, 2.75) is 19.9 Å². The molecule has 3 rings (SSSR count). The van der Waals surface area contributed by atoms with E-state index in [1.807, 2.05) is 24.3 Å². The molecule has 0 aromatic heterocycles. The Labute approximate surface area is 191 Å². The van der Waals surface area contributed by atoms with E-state index in [-0.39, 0.29) is 0 Å². The van der Waals surface area contributed by atoms with E-state index < -0.39 is 0 Å². The van der Waals surface area contributed by atoms with Gasteiger partial charge in [0, 0.05) is 32.7 Å². The van der Waals surface area contributed by atoms with Crippen LogP contribution in [0.2, 0.25) is 0 Å². The topological polar surface area (TPSA) is 67.4 Å². The fraction of sp³-hybridized carbons (Fsp3) is 0.480. The van der Waals surface area contributed by atoms with Crippen molar-refractivity contribution in [3.63, 3.8) is 0 Å². The normalized spacial score (nSPS) is 14.8. The molecule has 2 aromatic rings. The molecule has 0 saturated carbocycles. The SMILES string of the molecule is CCNC(=NCc1cccc(OCCN2CCOCC2)c1)NCCc1ccc(OC)cc1. The van der Waals surface area contributed by atoms with Crippen LogP contribution in [0, 0.1) is 0 Å². The summed E-state index contributed by atoms with van der Waals surface area (Å²) in [6, 6.07) is 16.4. The second-order valence-electron chi connectivity index (χ2n) is 7.67. The molecule has 7 heteroatoms. The minimum atomic E-state index is 0.596. The summed E-state index contributed by atoms with van der Waals surface area (Å²) in [5, 5.41) is 6.73. The highest BCUT2D eigenvalue weighted by atomic mass is 16.5. The zero-order valence-electron chi connectivity index (χ0n) is 19.3. The maximum absolute atomic E-state index is 5.96. The van der Waals surface area contributed by atoms with Crippen molar-refractivity contribution in [2.75, 3.05) is 59.7 Å². The Bertz CT molecular complexity index is 820. The Balaban J connectivity index is 1.45. The third-order valence-corrected chi connectivity index (χ3v) is 5.31. The zero-order chi connectivity index (χ0) is 22.4. The fourth-order valence-corrected chi connectivity index (χ4v) is 3.48. The summed E-state index contributed by atoms with van der Waals surface area (Å²) in [7, 11) is 1.68. The third-order valence-electron chi connectivity index (χ3n) is 5.31. The van der Waals surface area contributed by atoms with Crippen molar-refractivity contribution in [3.05, 3.63) is 59.7 Å². The summed E-state index contributed by atoms with van der Waals surface area (Å²) >= 11 is 0. The van der Waals surface area contributed by atoms with E-state index >= 15 is 0 Å². The molecule has 0 amide bonds. The van der Waals surface area contributed by atoms with Gasteiger partial charge in [0.1, 0.15) is 18.1 Å². The fourth-order valence-electron chi connectivity index (χ4n) is 3.48. The molecular formula is C25H36N4O3. The van der Waals surface area contributed by atoms with Gasteiger partial charge in [-0.1, -0.05) is 24.3 Å². The first-order chi connectivity index (χ1) is 15.8. The van der Waals surface area contributed by atoms with E-state index in [1.165, 1.54) is 5.56 Å². The summed E-state index contributed by atoms with van der Waals surface area (Å²) in [5.41, 5.74) is 2.39. The number of benzene rings is 2. The van der Waals surface area contributed by atoms with E-state index in [2.05, 4.69) is 46.7 Å². The molecule has 32 heavy (non-hydrogen) atoms. The predicted molar refractivity (Wildman–Crippen MR) is 129 cm³/mol. The lowest BCUT2D eigenvalue weighted by Gasteiger charge is -2.26. The van der Waals surface area contributed by atoms with Gasteiger partial charge in [0.2, 0.25) is 0 Å². The zero-order valence-corrected chi connectivity index (χ0v) is 19.3. The van der Waals surface area contributed by atoms with E-state index in [0.29, 0.717) is 13.2 Å². The van der Waals surface area contributed by atoms with Crippen LogP contribution in [-0.4, -0.2) is 70.5 Å². The van der Waals surface area contributed by atoms with Gasteiger partial charge in [0.15, 0.2) is 5.96 Å². The number of aliphatic imine (C=N–C) groups is 1. The number of ether oxygens (including phenoxy) is 3. The Morgan fingerprint density at radius 3 is 2.59 bits per heavy atom. The first-order valence-electron chi connectivity index (χ1n) is 11.4.